The number of nitrogens with one attached hydrogen (secondary N) is 2. The summed E-state index contributed by atoms with van der Waals surface area (Å²) in [7, 11) is 0. The summed E-state index contributed by atoms with van der Waals surface area (Å²) >= 11 is 1.97. The van der Waals surface area contributed by atoms with Gasteiger partial charge in [-0.15, -0.1) is 0 Å². The molecular formula is C19H21F2IN2O4. The van der Waals surface area contributed by atoms with Gasteiger partial charge in [-0.1, -0.05) is 0 Å². The number of aliphatic hydroxyl groups excluding tert-OH is 2. The molecule has 0 heterocycles. The van der Waals surface area contributed by atoms with E-state index in [1.165, 1.54) is 12.1 Å². The Morgan fingerprint density at radius 3 is 2.64 bits per heavy atom. The Labute approximate surface area is 175 Å². The first kappa shape index (κ1) is 22.3. The number of carbonyl (C=O) groups excluding carboxylic acids is 1. The standard InChI is InChI=1S/C19H21F2IN2O4/c1-2-23-19(27)18-16(24-15-4-3-12(22)9-14(15)21)7-11(20)8-17(18)28-6-5-13(26)10-25/h3-4,7-9,13,24-26H,2,5-6,10H2,1H3,(H,23,27)/t13-/m1/s1. The predicted octanol–water partition coefficient (Wildman–Crippen LogP) is 3.18. The van der Waals surface area contributed by atoms with E-state index in [-0.39, 0.29) is 35.7 Å². The fourth-order valence-electron chi connectivity index (χ4n) is 2.41. The van der Waals surface area contributed by atoms with Gasteiger partial charge in [0.15, 0.2) is 0 Å². The largest absolute Gasteiger partial charge is 0.492 e. The molecule has 0 saturated heterocycles. The molecule has 6 nitrogen and oxygen atoms in total. The summed E-state index contributed by atoms with van der Waals surface area (Å²) in [6.07, 6.45) is -0.893. The maximum absolute atomic E-state index is 14.2. The molecule has 1 atom stereocenters. The number of carbonyl (C=O) groups is 1. The van der Waals surface area contributed by atoms with Crippen LogP contribution in [-0.4, -0.2) is 42.0 Å². The van der Waals surface area contributed by atoms with Crippen molar-refractivity contribution in [1.29, 1.82) is 0 Å². The van der Waals surface area contributed by atoms with Gasteiger partial charge in [0.25, 0.3) is 5.91 Å². The van der Waals surface area contributed by atoms with Crippen LogP contribution in [0.4, 0.5) is 20.2 Å². The number of benzene rings is 2. The molecule has 4 N–H and O–H groups in total. The van der Waals surface area contributed by atoms with Gasteiger partial charge >= 0.3 is 0 Å². The molecule has 152 valence electrons. The zero-order valence-electron chi connectivity index (χ0n) is 15.1. The Morgan fingerprint density at radius 1 is 1.25 bits per heavy atom. The molecule has 0 aliphatic heterocycles. The molecule has 0 spiro atoms. The van der Waals surface area contributed by atoms with Crippen molar-refractivity contribution >= 4 is 39.9 Å². The first-order valence-electron chi connectivity index (χ1n) is 8.61. The summed E-state index contributed by atoms with van der Waals surface area (Å²) in [5.74, 6) is -1.80. The molecule has 0 aliphatic carbocycles. The van der Waals surface area contributed by atoms with E-state index in [0.717, 1.165) is 12.1 Å². The molecule has 2 aromatic carbocycles. The highest BCUT2D eigenvalue weighted by atomic mass is 127. The van der Waals surface area contributed by atoms with Gasteiger partial charge in [0.2, 0.25) is 0 Å². The van der Waals surface area contributed by atoms with Gasteiger partial charge in [-0.2, -0.15) is 0 Å². The van der Waals surface area contributed by atoms with E-state index in [2.05, 4.69) is 10.6 Å². The maximum Gasteiger partial charge on any atom is 0.257 e. The Balaban J connectivity index is 2.40. The van der Waals surface area contributed by atoms with Crippen LogP contribution in [-0.2, 0) is 0 Å². The van der Waals surface area contributed by atoms with Crippen LogP contribution in [0.15, 0.2) is 30.3 Å². The molecule has 2 rings (SSSR count). The molecule has 9 heteroatoms. The second-order valence-corrected chi connectivity index (χ2v) is 7.15. The van der Waals surface area contributed by atoms with E-state index in [1.54, 1.807) is 13.0 Å². The fourth-order valence-corrected chi connectivity index (χ4v) is 2.86. The Morgan fingerprint density at radius 2 is 2.00 bits per heavy atom. The van der Waals surface area contributed by atoms with E-state index < -0.39 is 30.3 Å². The van der Waals surface area contributed by atoms with Crippen LogP contribution in [0.1, 0.15) is 23.7 Å². The van der Waals surface area contributed by atoms with Crippen molar-refractivity contribution in [1.82, 2.24) is 5.32 Å². The third kappa shape index (κ3) is 6.01. The van der Waals surface area contributed by atoms with E-state index in [1.807, 2.05) is 22.6 Å². The van der Waals surface area contributed by atoms with Crippen molar-refractivity contribution in [3.8, 4) is 5.75 Å². The van der Waals surface area contributed by atoms with E-state index >= 15 is 0 Å². The molecule has 2 aromatic rings. The third-order valence-electron chi connectivity index (χ3n) is 3.75. The van der Waals surface area contributed by atoms with Crippen molar-refractivity contribution in [2.24, 2.45) is 0 Å². The highest BCUT2D eigenvalue weighted by Crippen LogP contribution is 2.32. The van der Waals surface area contributed by atoms with Crippen molar-refractivity contribution in [3.05, 3.63) is 51.1 Å². The first-order valence-corrected chi connectivity index (χ1v) is 9.69. The Kier molecular flexibility index (Phi) is 8.39. The second kappa shape index (κ2) is 10.5. The van der Waals surface area contributed by atoms with E-state index in [4.69, 9.17) is 9.84 Å². The molecular weight excluding hydrogens is 485 g/mol. The zero-order chi connectivity index (χ0) is 20.7. The average molecular weight is 506 g/mol. The summed E-state index contributed by atoms with van der Waals surface area (Å²) in [4.78, 5) is 12.5. The molecule has 0 radical (unpaired) electrons. The van der Waals surface area contributed by atoms with Crippen LogP contribution in [0.5, 0.6) is 5.75 Å². The lowest BCUT2D eigenvalue weighted by molar-refractivity contribution is 0.0750. The highest BCUT2D eigenvalue weighted by Gasteiger charge is 2.21. The summed E-state index contributed by atoms with van der Waals surface area (Å²) in [5, 5.41) is 23.7. The van der Waals surface area contributed by atoms with Crippen molar-refractivity contribution < 1.29 is 28.5 Å². The number of anilines is 2. The van der Waals surface area contributed by atoms with Crippen LogP contribution in [0.2, 0.25) is 0 Å². The lowest BCUT2D eigenvalue weighted by atomic mass is 10.1. The third-order valence-corrected chi connectivity index (χ3v) is 4.42. The second-order valence-electron chi connectivity index (χ2n) is 5.91. The van der Waals surface area contributed by atoms with Crippen molar-refractivity contribution in [2.75, 3.05) is 25.1 Å². The Hall–Kier alpha value is -1.98. The minimum absolute atomic E-state index is 0.0136. The Bertz CT molecular complexity index is 836. The molecule has 28 heavy (non-hydrogen) atoms. The van der Waals surface area contributed by atoms with Gasteiger partial charge in [-0.05, 0) is 53.8 Å². The van der Waals surface area contributed by atoms with Crippen LogP contribution in [0, 0.1) is 15.2 Å². The number of amides is 1. The van der Waals surface area contributed by atoms with Crippen LogP contribution >= 0.6 is 22.6 Å². The van der Waals surface area contributed by atoms with Gasteiger partial charge in [0.05, 0.1) is 30.7 Å². The van der Waals surface area contributed by atoms with Crippen molar-refractivity contribution in [2.45, 2.75) is 19.4 Å². The van der Waals surface area contributed by atoms with Gasteiger partial charge in [-0.25, -0.2) is 8.78 Å². The number of ether oxygens (including phenoxy) is 1. The minimum atomic E-state index is -0.986. The number of halogens is 3. The first-order chi connectivity index (χ1) is 13.3. The molecule has 0 bridgehead atoms. The van der Waals surface area contributed by atoms with Gasteiger partial charge in [0, 0.05) is 22.6 Å². The fraction of sp³-hybridized carbons (Fsp3) is 0.316. The van der Waals surface area contributed by atoms with E-state index in [0.29, 0.717) is 10.1 Å². The van der Waals surface area contributed by atoms with Crippen LogP contribution in [0.25, 0.3) is 0 Å². The normalized spacial score (nSPS) is 11.8. The summed E-state index contributed by atoms with van der Waals surface area (Å²) in [5.41, 5.74) is 0.140. The van der Waals surface area contributed by atoms with Crippen LogP contribution in [0.3, 0.4) is 0 Å². The molecule has 1 amide bonds. The minimum Gasteiger partial charge on any atom is -0.492 e. The lowest BCUT2D eigenvalue weighted by Gasteiger charge is -2.18. The predicted molar refractivity (Wildman–Crippen MR) is 110 cm³/mol. The number of hydrogen-bond acceptors (Lipinski definition) is 5. The quantitative estimate of drug-likeness (QED) is 0.393. The van der Waals surface area contributed by atoms with Gasteiger partial charge < -0.3 is 25.6 Å². The van der Waals surface area contributed by atoms with Crippen LogP contribution < -0.4 is 15.4 Å². The zero-order valence-corrected chi connectivity index (χ0v) is 17.3. The molecule has 0 aliphatic rings. The summed E-state index contributed by atoms with van der Waals surface area (Å²) in [6, 6.07) is 6.59. The van der Waals surface area contributed by atoms with E-state index in [9.17, 15) is 18.7 Å². The average Bonchev–Trinajstić information content (AvgIpc) is 2.63. The summed E-state index contributed by atoms with van der Waals surface area (Å²) < 4.78 is 34.5. The highest BCUT2D eigenvalue weighted by molar-refractivity contribution is 14.1. The summed E-state index contributed by atoms with van der Waals surface area (Å²) in [6.45, 7) is 1.57. The monoisotopic (exact) mass is 506 g/mol. The number of aliphatic hydroxyl groups is 2. The van der Waals surface area contributed by atoms with Crippen molar-refractivity contribution in [3.63, 3.8) is 0 Å². The molecule has 0 fully saturated rings. The topological polar surface area (TPSA) is 90.8 Å². The maximum atomic E-state index is 14.2. The number of rotatable bonds is 9. The SMILES string of the molecule is CCNC(=O)c1c(Nc2ccc(I)cc2F)cc(F)cc1OCC[C@@H](O)CO. The molecule has 0 unspecified atom stereocenters. The van der Waals surface area contributed by atoms with Gasteiger partial charge in [-0.3, -0.25) is 4.79 Å². The molecule has 0 saturated carbocycles. The molecule has 0 aromatic heterocycles. The lowest BCUT2D eigenvalue weighted by Crippen LogP contribution is -2.25. The number of hydrogen-bond donors (Lipinski definition) is 4. The smallest absolute Gasteiger partial charge is 0.257 e. The van der Waals surface area contributed by atoms with Gasteiger partial charge in [0.1, 0.15) is 22.9 Å².